The van der Waals surface area contributed by atoms with Gasteiger partial charge < -0.3 is 15.4 Å². The Morgan fingerprint density at radius 2 is 1.90 bits per heavy atom. The van der Waals surface area contributed by atoms with Crippen molar-refractivity contribution in [3.8, 4) is 5.82 Å². The van der Waals surface area contributed by atoms with Gasteiger partial charge in [0.25, 0.3) is 17.6 Å². The molecule has 0 bridgehead atoms. The summed E-state index contributed by atoms with van der Waals surface area (Å²) in [6.07, 6.45) is -3.25. The van der Waals surface area contributed by atoms with Crippen molar-refractivity contribution in [1.29, 1.82) is 0 Å². The lowest BCUT2D eigenvalue weighted by atomic mass is 10.1. The van der Waals surface area contributed by atoms with E-state index in [1.54, 1.807) is 32.0 Å². The number of amides is 2. The molecule has 16 heteroatoms. The second kappa shape index (κ2) is 10.7. The van der Waals surface area contributed by atoms with Crippen molar-refractivity contribution in [3.63, 3.8) is 0 Å². The van der Waals surface area contributed by atoms with Gasteiger partial charge in [0.1, 0.15) is 12.2 Å². The van der Waals surface area contributed by atoms with Gasteiger partial charge in [-0.15, -0.1) is 10.2 Å². The molecule has 0 aliphatic carbocycles. The van der Waals surface area contributed by atoms with Gasteiger partial charge in [-0.1, -0.05) is 17.7 Å². The minimum Gasteiger partial charge on any atom is -0.377 e. The van der Waals surface area contributed by atoms with Crippen molar-refractivity contribution >= 4 is 29.1 Å². The monoisotopic (exact) mass is 575 g/mol. The fraction of sp³-hybridized carbons (Fsp3) is 0.292. The molecule has 5 rings (SSSR count). The number of ether oxygens (including phenoxy) is 1. The lowest BCUT2D eigenvalue weighted by Gasteiger charge is -2.27. The molecule has 0 saturated carbocycles. The molecule has 208 valence electrons. The third kappa shape index (κ3) is 5.65. The predicted molar refractivity (Wildman–Crippen MR) is 134 cm³/mol. The Morgan fingerprint density at radius 3 is 2.55 bits per heavy atom. The maximum Gasteiger partial charge on any atom is 0.455 e. The molecule has 2 amide bonds. The number of anilines is 1. The van der Waals surface area contributed by atoms with E-state index < -0.39 is 23.8 Å². The summed E-state index contributed by atoms with van der Waals surface area (Å²) >= 11 is 6.21. The highest BCUT2D eigenvalue weighted by Crippen LogP contribution is 2.28. The number of aromatic nitrogens is 7. The van der Waals surface area contributed by atoms with E-state index in [0.717, 1.165) is 4.80 Å². The standard InChI is InChI=1S/C24H21ClF3N9O3/c1-12-4-3-5-29-20(12)37-18(8-15(33-37)9-36-34-23(32-35-36)24(26,27)28)22(39)31-19-13(2)6-14(25)7-17(19)21(38)30-16-10-40-11-16/h3-8,16H,9-11H2,1-2H3,(H,30,38)(H,31,39). The molecule has 0 atom stereocenters. The topological polar surface area (TPSA) is 142 Å². The van der Waals surface area contributed by atoms with Gasteiger partial charge in [-0.2, -0.15) is 23.1 Å². The predicted octanol–water partition coefficient (Wildman–Crippen LogP) is 2.97. The van der Waals surface area contributed by atoms with Crippen LogP contribution in [-0.4, -0.2) is 66.0 Å². The summed E-state index contributed by atoms with van der Waals surface area (Å²) in [5.41, 5.74) is 1.75. The summed E-state index contributed by atoms with van der Waals surface area (Å²) in [7, 11) is 0. The van der Waals surface area contributed by atoms with Gasteiger partial charge in [0.2, 0.25) is 0 Å². The number of carbonyl (C=O) groups excluding carboxylic acids is 2. The zero-order valence-electron chi connectivity index (χ0n) is 21.0. The molecule has 1 aliphatic rings. The van der Waals surface area contributed by atoms with Gasteiger partial charge in [-0.05, 0) is 54.5 Å². The minimum absolute atomic E-state index is 0.000983. The maximum absolute atomic E-state index is 13.6. The van der Waals surface area contributed by atoms with Crippen LogP contribution in [0.25, 0.3) is 5.82 Å². The second-order valence-electron chi connectivity index (χ2n) is 9.03. The van der Waals surface area contributed by atoms with Crippen LogP contribution in [0, 0.1) is 13.8 Å². The van der Waals surface area contributed by atoms with Gasteiger partial charge in [0.05, 0.1) is 36.2 Å². The Hall–Kier alpha value is -4.37. The van der Waals surface area contributed by atoms with E-state index in [9.17, 15) is 22.8 Å². The fourth-order valence-corrected chi connectivity index (χ4v) is 4.22. The van der Waals surface area contributed by atoms with Crippen molar-refractivity contribution < 1.29 is 27.5 Å². The van der Waals surface area contributed by atoms with Gasteiger partial charge in [-0.25, -0.2) is 9.67 Å². The minimum atomic E-state index is -4.76. The van der Waals surface area contributed by atoms with Gasteiger partial charge in [0, 0.05) is 11.2 Å². The summed E-state index contributed by atoms with van der Waals surface area (Å²) < 4.78 is 45.1. The van der Waals surface area contributed by atoms with E-state index in [-0.39, 0.29) is 35.2 Å². The number of pyridine rings is 1. The summed E-state index contributed by atoms with van der Waals surface area (Å²) in [6.45, 7) is 3.90. The van der Waals surface area contributed by atoms with Crippen LogP contribution in [0.15, 0.2) is 36.5 Å². The third-order valence-electron chi connectivity index (χ3n) is 5.94. The third-order valence-corrected chi connectivity index (χ3v) is 6.16. The molecule has 0 spiro atoms. The molecule has 1 aliphatic heterocycles. The van der Waals surface area contributed by atoms with E-state index in [2.05, 4.69) is 36.1 Å². The molecule has 0 radical (unpaired) electrons. The second-order valence-corrected chi connectivity index (χ2v) is 9.46. The Morgan fingerprint density at radius 1 is 1.12 bits per heavy atom. The van der Waals surface area contributed by atoms with E-state index >= 15 is 0 Å². The number of carbonyl (C=O) groups is 2. The number of halogens is 4. The van der Waals surface area contributed by atoms with Crippen molar-refractivity contribution in [2.75, 3.05) is 18.5 Å². The van der Waals surface area contributed by atoms with E-state index in [4.69, 9.17) is 16.3 Å². The van der Waals surface area contributed by atoms with Crippen molar-refractivity contribution in [2.24, 2.45) is 0 Å². The van der Waals surface area contributed by atoms with Crippen LogP contribution in [-0.2, 0) is 17.5 Å². The molecular weight excluding hydrogens is 555 g/mol. The molecule has 2 N–H and O–H groups in total. The van der Waals surface area contributed by atoms with Gasteiger partial charge >= 0.3 is 6.18 Å². The molecule has 4 aromatic rings. The highest BCUT2D eigenvalue weighted by atomic mass is 35.5. The van der Waals surface area contributed by atoms with E-state index in [1.165, 1.54) is 23.0 Å². The number of aryl methyl sites for hydroxylation is 2. The summed E-state index contributed by atoms with van der Waals surface area (Å²) in [6, 6.07) is 7.72. The van der Waals surface area contributed by atoms with Crippen LogP contribution in [0.5, 0.6) is 0 Å². The largest absolute Gasteiger partial charge is 0.455 e. The number of benzene rings is 1. The van der Waals surface area contributed by atoms with Crippen LogP contribution in [0.1, 0.15) is 43.5 Å². The number of tetrazole rings is 1. The quantitative estimate of drug-likeness (QED) is 0.343. The molecule has 4 heterocycles. The van der Waals surface area contributed by atoms with Crippen LogP contribution in [0.3, 0.4) is 0 Å². The zero-order chi connectivity index (χ0) is 28.6. The smallest absolute Gasteiger partial charge is 0.377 e. The highest BCUT2D eigenvalue weighted by molar-refractivity contribution is 6.31. The summed E-state index contributed by atoms with van der Waals surface area (Å²) in [5.74, 6) is -2.18. The number of rotatable bonds is 7. The average molecular weight is 576 g/mol. The van der Waals surface area contributed by atoms with E-state index in [0.29, 0.717) is 35.2 Å². The molecule has 1 saturated heterocycles. The first-order valence-corrected chi connectivity index (χ1v) is 12.2. The molecule has 3 aromatic heterocycles. The van der Waals surface area contributed by atoms with Crippen LogP contribution >= 0.6 is 11.6 Å². The summed E-state index contributed by atoms with van der Waals surface area (Å²) in [4.78, 5) is 31.7. The molecule has 12 nitrogen and oxygen atoms in total. The van der Waals surface area contributed by atoms with Crippen LogP contribution < -0.4 is 10.6 Å². The number of nitrogens with zero attached hydrogens (tertiary/aromatic N) is 7. The number of hydrogen-bond acceptors (Lipinski definition) is 8. The summed E-state index contributed by atoms with van der Waals surface area (Å²) in [5, 5.41) is 20.1. The average Bonchev–Trinajstić information content (AvgIpc) is 3.51. The lowest BCUT2D eigenvalue weighted by Crippen LogP contribution is -2.48. The van der Waals surface area contributed by atoms with Crippen molar-refractivity contribution in [1.82, 2.24) is 40.3 Å². The van der Waals surface area contributed by atoms with E-state index in [1.807, 2.05) is 0 Å². The van der Waals surface area contributed by atoms with Crippen molar-refractivity contribution in [3.05, 3.63) is 75.5 Å². The first kappa shape index (κ1) is 27.2. The maximum atomic E-state index is 13.6. The van der Waals surface area contributed by atoms with Gasteiger partial charge in [0.15, 0.2) is 5.82 Å². The lowest BCUT2D eigenvalue weighted by molar-refractivity contribution is -0.145. The zero-order valence-corrected chi connectivity index (χ0v) is 21.8. The van der Waals surface area contributed by atoms with Crippen LogP contribution in [0.2, 0.25) is 5.02 Å². The molecule has 1 fully saturated rings. The Bertz CT molecular complexity index is 1600. The molecule has 40 heavy (non-hydrogen) atoms. The van der Waals surface area contributed by atoms with Crippen LogP contribution in [0.4, 0.5) is 18.9 Å². The number of hydrogen-bond donors (Lipinski definition) is 2. The fourth-order valence-electron chi connectivity index (χ4n) is 3.95. The molecular formula is C24H21ClF3N9O3. The molecule has 1 aromatic carbocycles. The Balaban J connectivity index is 1.50. The molecule has 0 unspecified atom stereocenters. The Labute approximate surface area is 229 Å². The highest BCUT2D eigenvalue weighted by Gasteiger charge is 2.37. The van der Waals surface area contributed by atoms with Crippen molar-refractivity contribution in [2.45, 2.75) is 32.6 Å². The number of alkyl halides is 3. The normalized spacial score (nSPS) is 13.7. The Kier molecular flexibility index (Phi) is 7.25. The first-order chi connectivity index (χ1) is 19.0. The van der Waals surface area contributed by atoms with Gasteiger partial charge in [-0.3, -0.25) is 9.59 Å². The SMILES string of the molecule is Cc1cccnc1-n1nc(Cn2nnc(C(F)(F)F)n2)cc1C(=O)Nc1c(C)cc(Cl)cc1C(=O)NC1COC1. The first-order valence-electron chi connectivity index (χ1n) is 11.9. The number of nitrogens with one attached hydrogen (secondary N) is 2.